The van der Waals surface area contributed by atoms with Crippen LogP contribution in [0.3, 0.4) is 0 Å². The van der Waals surface area contributed by atoms with Crippen LogP contribution in [0.1, 0.15) is 13.3 Å². The Bertz CT molecular complexity index is 392. The van der Waals surface area contributed by atoms with Crippen LogP contribution in [0.4, 0.5) is 11.4 Å². The van der Waals surface area contributed by atoms with Crippen LogP contribution < -0.4 is 16.0 Å². The van der Waals surface area contributed by atoms with Gasteiger partial charge in [-0.1, -0.05) is 12.1 Å². The molecule has 1 atom stereocenters. The van der Waals surface area contributed by atoms with Crippen molar-refractivity contribution in [2.75, 3.05) is 23.7 Å². The summed E-state index contributed by atoms with van der Waals surface area (Å²) in [6.45, 7) is 3.34. The van der Waals surface area contributed by atoms with E-state index in [1.807, 2.05) is 24.3 Å². The summed E-state index contributed by atoms with van der Waals surface area (Å²) in [5.74, 6) is 0.0351. The zero-order valence-corrected chi connectivity index (χ0v) is 9.44. The molecule has 4 heteroatoms. The second kappa shape index (κ2) is 4.43. The summed E-state index contributed by atoms with van der Waals surface area (Å²) in [5.41, 5.74) is 7.78. The molecule has 16 heavy (non-hydrogen) atoms. The number of para-hydroxylation sites is 2. The van der Waals surface area contributed by atoms with Crippen LogP contribution in [0.25, 0.3) is 0 Å². The quantitative estimate of drug-likeness (QED) is 0.729. The maximum atomic E-state index is 11.0. The van der Waals surface area contributed by atoms with E-state index in [9.17, 15) is 4.79 Å². The Morgan fingerprint density at radius 1 is 1.50 bits per heavy atom. The summed E-state index contributed by atoms with van der Waals surface area (Å²) in [5, 5.41) is 2.94. The van der Waals surface area contributed by atoms with E-state index < -0.39 is 0 Å². The maximum absolute atomic E-state index is 11.0. The third kappa shape index (κ3) is 2.27. The van der Waals surface area contributed by atoms with Crippen molar-refractivity contribution in [2.45, 2.75) is 19.4 Å². The topological polar surface area (TPSA) is 58.4 Å². The molecule has 4 nitrogen and oxygen atoms in total. The first kappa shape index (κ1) is 10.8. The van der Waals surface area contributed by atoms with E-state index in [1.165, 1.54) is 0 Å². The summed E-state index contributed by atoms with van der Waals surface area (Å²) in [4.78, 5) is 13.2. The predicted molar refractivity (Wildman–Crippen MR) is 65.3 cm³/mol. The van der Waals surface area contributed by atoms with E-state index in [-0.39, 0.29) is 11.9 Å². The number of nitrogens with one attached hydrogen (secondary N) is 1. The monoisotopic (exact) mass is 219 g/mol. The molecule has 0 aromatic heterocycles. The van der Waals surface area contributed by atoms with E-state index in [0.717, 1.165) is 30.9 Å². The van der Waals surface area contributed by atoms with Crippen LogP contribution in [0, 0.1) is 0 Å². The van der Waals surface area contributed by atoms with Crippen LogP contribution in [0.2, 0.25) is 0 Å². The number of rotatable bonds is 2. The first-order chi connectivity index (χ1) is 7.66. The highest BCUT2D eigenvalue weighted by Gasteiger charge is 2.23. The molecular formula is C12H17N3O. The smallest absolute Gasteiger partial charge is 0.217 e. The fourth-order valence-corrected chi connectivity index (χ4v) is 2.16. The van der Waals surface area contributed by atoms with Crippen molar-refractivity contribution in [3.05, 3.63) is 24.3 Å². The third-order valence-corrected chi connectivity index (χ3v) is 2.87. The number of nitrogens with two attached hydrogens (primary N) is 1. The summed E-state index contributed by atoms with van der Waals surface area (Å²) in [6.07, 6.45) is 0.980. The van der Waals surface area contributed by atoms with Gasteiger partial charge < -0.3 is 16.0 Å². The molecule has 1 aliphatic heterocycles. The number of hydrogen-bond donors (Lipinski definition) is 2. The minimum atomic E-state index is 0.0351. The van der Waals surface area contributed by atoms with Gasteiger partial charge in [0.05, 0.1) is 11.4 Å². The Balaban J connectivity index is 2.04. The Hall–Kier alpha value is -1.71. The highest BCUT2D eigenvalue weighted by atomic mass is 16.1. The number of anilines is 2. The highest BCUT2D eigenvalue weighted by molar-refractivity contribution is 5.74. The number of benzene rings is 1. The Morgan fingerprint density at radius 2 is 2.25 bits per heavy atom. The average molecular weight is 219 g/mol. The van der Waals surface area contributed by atoms with E-state index in [0.29, 0.717) is 0 Å². The maximum Gasteiger partial charge on any atom is 0.217 e. The van der Waals surface area contributed by atoms with Gasteiger partial charge in [-0.05, 0) is 18.6 Å². The van der Waals surface area contributed by atoms with Gasteiger partial charge >= 0.3 is 0 Å². The van der Waals surface area contributed by atoms with Crippen LogP contribution >= 0.6 is 0 Å². The molecule has 86 valence electrons. The van der Waals surface area contributed by atoms with Gasteiger partial charge in [0.25, 0.3) is 0 Å². The lowest BCUT2D eigenvalue weighted by Crippen LogP contribution is -2.35. The van der Waals surface area contributed by atoms with Crippen molar-refractivity contribution in [1.29, 1.82) is 0 Å². The lowest BCUT2D eigenvalue weighted by atomic mass is 10.2. The largest absolute Gasteiger partial charge is 0.397 e. The molecule has 1 aliphatic rings. The van der Waals surface area contributed by atoms with Gasteiger partial charge in [0.15, 0.2) is 0 Å². The number of carbonyl (C=O) groups excluding carboxylic acids is 1. The molecule has 1 amide bonds. The van der Waals surface area contributed by atoms with Gasteiger partial charge in [-0.25, -0.2) is 0 Å². The fourth-order valence-electron chi connectivity index (χ4n) is 2.16. The molecule has 1 unspecified atom stereocenters. The molecule has 0 spiro atoms. The zero-order chi connectivity index (χ0) is 11.5. The predicted octanol–water partition coefficient (Wildman–Crippen LogP) is 0.984. The second-order valence-electron chi connectivity index (χ2n) is 4.19. The summed E-state index contributed by atoms with van der Waals surface area (Å²) in [6, 6.07) is 8.08. The molecule has 0 saturated carbocycles. The molecule has 1 fully saturated rings. The molecule has 0 radical (unpaired) electrons. The molecular weight excluding hydrogens is 202 g/mol. The third-order valence-electron chi connectivity index (χ3n) is 2.87. The number of carbonyl (C=O) groups is 1. The number of amides is 1. The summed E-state index contributed by atoms with van der Waals surface area (Å²) < 4.78 is 0. The minimum Gasteiger partial charge on any atom is -0.397 e. The number of hydrogen-bond acceptors (Lipinski definition) is 3. The molecule has 1 heterocycles. The van der Waals surface area contributed by atoms with E-state index in [2.05, 4.69) is 10.2 Å². The first-order valence-electron chi connectivity index (χ1n) is 5.53. The van der Waals surface area contributed by atoms with Crippen molar-refractivity contribution < 1.29 is 4.79 Å². The molecule has 3 N–H and O–H groups in total. The van der Waals surface area contributed by atoms with Crippen molar-refractivity contribution in [2.24, 2.45) is 0 Å². The second-order valence-corrected chi connectivity index (χ2v) is 4.19. The van der Waals surface area contributed by atoms with Crippen LogP contribution in [0.5, 0.6) is 0 Å². The van der Waals surface area contributed by atoms with Crippen LogP contribution in [-0.2, 0) is 4.79 Å². The molecule has 0 aliphatic carbocycles. The molecule has 1 aromatic rings. The standard InChI is InChI=1S/C12H17N3O/c1-9(16)14-10-6-7-15(8-10)12-5-3-2-4-11(12)13/h2-5,10H,6-8,13H2,1H3,(H,14,16). The Morgan fingerprint density at radius 3 is 2.94 bits per heavy atom. The summed E-state index contributed by atoms with van der Waals surface area (Å²) >= 11 is 0. The SMILES string of the molecule is CC(=O)NC1CCN(c2ccccc2N)C1. The molecule has 2 rings (SSSR count). The number of nitrogen functional groups attached to an aromatic ring is 1. The van der Waals surface area contributed by atoms with E-state index in [4.69, 9.17) is 5.73 Å². The van der Waals surface area contributed by atoms with Gasteiger partial charge in [0.1, 0.15) is 0 Å². The van der Waals surface area contributed by atoms with Crippen molar-refractivity contribution in [3.8, 4) is 0 Å². The first-order valence-corrected chi connectivity index (χ1v) is 5.53. The Kier molecular flexibility index (Phi) is 2.99. The normalized spacial score (nSPS) is 19.8. The van der Waals surface area contributed by atoms with Gasteiger partial charge in [-0.15, -0.1) is 0 Å². The van der Waals surface area contributed by atoms with Crippen molar-refractivity contribution >= 4 is 17.3 Å². The number of nitrogens with zero attached hydrogens (tertiary/aromatic N) is 1. The fraction of sp³-hybridized carbons (Fsp3) is 0.417. The Labute approximate surface area is 95.4 Å². The molecule has 1 saturated heterocycles. The zero-order valence-electron chi connectivity index (χ0n) is 9.44. The lowest BCUT2D eigenvalue weighted by Gasteiger charge is -2.20. The van der Waals surface area contributed by atoms with Crippen molar-refractivity contribution in [3.63, 3.8) is 0 Å². The van der Waals surface area contributed by atoms with Gasteiger partial charge in [-0.3, -0.25) is 4.79 Å². The molecule has 1 aromatic carbocycles. The van der Waals surface area contributed by atoms with Crippen LogP contribution in [0.15, 0.2) is 24.3 Å². The highest BCUT2D eigenvalue weighted by Crippen LogP contribution is 2.26. The van der Waals surface area contributed by atoms with Gasteiger partial charge in [-0.2, -0.15) is 0 Å². The van der Waals surface area contributed by atoms with Gasteiger partial charge in [0, 0.05) is 26.1 Å². The minimum absolute atomic E-state index is 0.0351. The van der Waals surface area contributed by atoms with E-state index in [1.54, 1.807) is 6.92 Å². The van der Waals surface area contributed by atoms with Gasteiger partial charge in [0.2, 0.25) is 5.91 Å². The molecule has 0 bridgehead atoms. The lowest BCUT2D eigenvalue weighted by molar-refractivity contribution is -0.119. The van der Waals surface area contributed by atoms with Crippen molar-refractivity contribution in [1.82, 2.24) is 5.32 Å². The van der Waals surface area contributed by atoms with Crippen LogP contribution in [-0.4, -0.2) is 25.0 Å². The van der Waals surface area contributed by atoms with E-state index >= 15 is 0 Å². The summed E-state index contributed by atoms with van der Waals surface area (Å²) in [7, 11) is 0. The average Bonchev–Trinajstić information content (AvgIpc) is 2.66.